The molecule has 0 radical (unpaired) electrons. The van der Waals surface area contributed by atoms with Gasteiger partial charge in [0.15, 0.2) is 0 Å². The van der Waals surface area contributed by atoms with Gasteiger partial charge in [-0.05, 0) is 74.6 Å². The van der Waals surface area contributed by atoms with Gasteiger partial charge in [-0.25, -0.2) is 8.42 Å². The molecule has 4 atom stereocenters. The first kappa shape index (κ1) is 37.9. The van der Waals surface area contributed by atoms with Gasteiger partial charge in [0.25, 0.3) is 0 Å². The summed E-state index contributed by atoms with van der Waals surface area (Å²) in [5.74, 6) is 0.709. The number of aldehydes is 1. The van der Waals surface area contributed by atoms with Gasteiger partial charge in [-0.3, -0.25) is 0 Å². The van der Waals surface area contributed by atoms with Crippen LogP contribution in [0.25, 0.3) is 0 Å². The minimum absolute atomic E-state index is 0.0229. The zero-order valence-electron chi connectivity index (χ0n) is 29.8. The summed E-state index contributed by atoms with van der Waals surface area (Å²) in [5, 5.41) is 0. The Kier molecular flexibility index (Phi) is 13.8. The molecule has 1 saturated heterocycles. The monoisotopic (exact) mass is 708 g/mol. The third kappa shape index (κ3) is 9.71. The van der Waals surface area contributed by atoms with Gasteiger partial charge in [0.05, 0.1) is 49.2 Å². The molecule has 0 spiro atoms. The van der Waals surface area contributed by atoms with Crippen LogP contribution >= 0.6 is 0 Å². The molecule has 2 aliphatic heterocycles. The lowest BCUT2D eigenvalue weighted by molar-refractivity contribution is -0.109. The van der Waals surface area contributed by atoms with Crippen LogP contribution in [0.1, 0.15) is 61.3 Å². The zero-order valence-corrected chi connectivity index (χ0v) is 30.6. The van der Waals surface area contributed by atoms with Gasteiger partial charge in [-0.1, -0.05) is 48.0 Å². The Balaban J connectivity index is 1.39. The first-order chi connectivity index (χ1) is 24.2. The molecule has 10 nitrogen and oxygen atoms in total. The Morgan fingerprint density at radius 2 is 1.78 bits per heavy atom. The largest absolute Gasteiger partial charge is 0.490 e. The maximum atomic E-state index is 14.1. The Morgan fingerprint density at radius 3 is 2.50 bits per heavy atom. The summed E-state index contributed by atoms with van der Waals surface area (Å²) >= 11 is 0. The molecule has 0 amide bonds. The number of benzene rings is 3. The number of ether oxygens (including phenoxy) is 5. The lowest BCUT2D eigenvalue weighted by Gasteiger charge is -2.43. The average Bonchev–Trinajstić information content (AvgIpc) is 3.12. The number of fused-ring (bicyclic) bond motifs is 1. The Morgan fingerprint density at radius 1 is 1.02 bits per heavy atom. The van der Waals surface area contributed by atoms with Gasteiger partial charge in [0.2, 0.25) is 10.0 Å². The first-order valence-corrected chi connectivity index (χ1v) is 19.1. The van der Waals surface area contributed by atoms with E-state index in [2.05, 4.69) is 23.1 Å². The van der Waals surface area contributed by atoms with E-state index in [9.17, 15) is 13.2 Å². The van der Waals surface area contributed by atoms with Crippen molar-refractivity contribution in [3.63, 3.8) is 0 Å². The van der Waals surface area contributed by atoms with Crippen LogP contribution < -0.4 is 9.64 Å². The van der Waals surface area contributed by atoms with Crippen LogP contribution in [0, 0.1) is 6.92 Å². The van der Waals surface area contributed by atoms with Gasteiger partial charge in [0, 0.05) is 51.8 Å². The zero-order chi connectivity index (χ0) is 35.5. The van der Waals surface area contributed by atoms with E-state index in [1.165, 1.54) is 4.31 Å². The molecule has 0 bridgehead atoms. The topological polar surface area (TPSA) is 104 Å². The third-order valence-corrected chi connectivity index (χ3v) is 11.4. The summed E-state index contributed by atoms with van der Waals surface area (Å²) < 4.78 is 59.0. The third-order valence-electron chi connectivity index (χ3n) is 9.44. The van der Waals surface area contributed by atoms with Crippen molar-refractivity contribution < 1.29 is 36.9 Å². The lowest BCUT2D eigenvalue weighted by atomic mass is 9.83. The number of methoxy groups -OCH3 is 1. The summed E-state index contributed by atoms with van der Waals surface area (Å²) in [6, 6.07) is 20.7. The molecule has 50 heavy (non-hydrogen) atoms. The highest BCUT2D eigenvalue weighted by molar-refractivity contribution is 7.89. The molecule has 1 fully saturated rings. The number of rotatable bonds is 18. The SMILES string of the molecule is CCO[C@H](C)COCc1ccc([C@H]2C[C@@H](CC=O)N(S(=O)(=O)c3ccc(C)cc3)C[C@@H]2OCc2ccc3c(c2)N(CCCOC)CCO3)cc1. The van der Waals surface area contributed by atoms with Gasteiger partial charge in [0.1, 0.15) is 18.6 Å². The van der Waals surface area contributed by atoms with Gasteiger partial charge < -0.3 is 33.4 Å². The number of hydrogen-bond acceptors (Lipinski definition) is 9. The van der Waals surface area contributed by atoms with Crippen molar-refractivity contribution in [2.75, 3.05) is 58.1 Å². The maximum Gasteiger partial charge on any atom is 0.243 e. The standard InChI is InChI=1S/C39H52N2O8S/c1-5-47-30(3)26-46-27-31-9-12-33(13-10-31)36-24-34(17-20-42)41(50(43,44)35-14-7-29(2)8-15-35)25-39(36)49-28-32-11-16-38-37(23-32)40(19-22-48-38)18-6-21-45-4/h7-16,20,23,30,34,36,39H,5-6,17-19,21-22,24-28H2,1-4H3/t30-,34-,36-,39+/m1/s1. The second kappa shape index (κ2) is 18.3. The highest BCUT2D eigenvalue weighted by atomic mass is 32.2. The second-order valence-electron chi connectivity index (χ2n) is 13.1. The summed E-state index contributed by atoms with van der Waals surface area (Å²) in [6.07, 6.45) is 1.83. The number of piperidine rings is 1. The minimum Gasteiger partial charge on any atom is -0.490 e. The van der Waals surface area contributed by atoms with Crippen molar-refractivity contribution in [3.05, 3.63) is 89.0 Å². The fourth-order valence-electron chi connectivity index (χ4n) is 6.78. The number of carbonyl (C=O) groups excluding carboxylic acids is 1. The molecule has 3 aromatic carbocycles. The molecule has 3 aromatic rings. The Hall–Kier alpha value is -3.32. The highest BCUT2D eigenvalue weighted by Gasteiger charge is 2.42. The van der Waals surface area contributed by atoms with Crippen LogP contribution in [0.15, 0.2) is 71.6 Å². The molecule has 11 heteroatoms. The highest BCUT2D eigenvalue weighted by Crippen LogP contribution is 2.39. The smallest absolute Gasteiger partial charge is 0.243 e. The number of aryl methyl sites for hydroxylation is 1. The van der Waals surface area contributed by atoms with Crippen molar-refractivity contribution in [1.82, 2.24) is 4.31 Å². The number of sulfonamides is 1. The van der Waals surface area contributed by atoms with E-state index in [0.717, 1.165) is 59.5 Å². The van der Waals surface area contributed by atoms with E-state index in [0.29, 0.717) is 46.1 Å². The molecule has 0 aliphatic carbocycles. The van der Waals surface area contributed by atoms with Crippen molar-refractivity contribution in [3.8, 4) is 5.75 Å². The molecule has 2 heterocycles. The molecule has 0 N–H and O–H groups in total. The summed E-state index contributed by atoms with van der Waals surface area (Å²) in [6.45, 7) is 10.9. The Bertz CT molecular complexity index is 1620. The Labute approximate surface area is 297 Å². The maximum absolute atomic E-state index is 14.1. The molecule has 0 saturated carbocycles. The van der Waals surface area contributed by atoms with E-state index in [1.807, 2.05) is 45.0 Å². The van der Waals surface area contributed by atoms with Gasteiger partial charge >= 0.3 is 0 Å². The van der Waals surface area contributed by atoms with Gasteiger partial charge in [-0.2, -0.15) is 4.31 Å². The van der Waals surface area contributed by atoms with E-state index in [4.69, 9.17) is 23.7 Å². The van der Waals surface area contributed by atoms with Gasteiger partial charge in [-0.15, -0.1) is 0 Å². The molecular formula is C39H52N2O8S. The number of hydrogen-bond donors (Lipinski definition) is 0. The van der Waals surface area contributed by atoms with E-state index < -0.39 is 22.2 Å². The quantitative estimate of drug-likeness (QED) is 0.118. The molecule has 0 unspecified atom stereocenters. The minimum atomic E-state index is -3.90. The summed E-state index contributed by atoms with van der Waals surface area (Å²) in [4.78, 5) is 14.4. The normalized spacial score (nSPS) is 20.2. The van der Waals surface area contributed by atoms with Crippen molar-refractivity contribution in [2.24, 2.45) is 0 Å². The van der Waals surface area contributed by atoms with E-state index in [-0.39, 0.29) is 29.9 Å². The number of anilines is 1. The van der Waals surface area contributed by atoms with Crippen LogP contribution in [-0.4, -0.2) is 90.4 Å². The average molecular weight is 709 g/mol. The number of nitrogens with zero attached hydrogens (tertiary/aromatic N) is 2. The van der Waals surface area contributed by atoms with E-state index >= 15 is 0 Å². The lowest BCUT2D eigenvalue weighted by Crippen LogP contribution is -2.52. The summed E-state index contributed by atoms with van der Waals surface area (Å²) in [5.41, 5.74) is 5.04. The van der Waals surface area contributed by atoms with E-state index in [1.54, 1.807) is 31.4 Å². The fourth-order valence-corrected chi connectivity index (χ4v) is 8.44. The molecule has 2 aliphatic rings. The van der Waals surface area contributed by atoms with Crippen molar-refractivity contribution in [1.29, 1.82) is 0 Å². The van der Waals surface area contributed by atoms with Crippen LogP contribution in [0.2, 0.25) is 0 Å². The van der Waals surface area contributed by atoms with Crippen LogP contribution in [0.3, 0.4) is 0 Å². The molecule has 0 aromatic heterocycles. The van der Waals surface area contributed by atoms with Crippen LogP contribution in [0.5, 0.6) is 5.75 Å². The first-order valence-electron chi connectivity index (χ1n) is 17.6. The number of carbonyl (C=O) groups is 1. The fraction of sp³-hybridized carbons (Fsp3) is 0.513. The molecular weight excluding hydrogens is 657 g/mol. The molecule has 5 rings (SSSR count). The van der Waals surface area contributed by atoms with Crippen molar-refractivity contribution in [2.45, 2.75) is 82.3 Å². The van der Waals surface area contributed by atoms with Crippen molar-refractivity contribution >= 4 is 22.0 Å². The predicted octanol–water partition coefficient (Wildman–Crippen LogP) is 5.89. The second-order valence-corrected chi connectivity index (χ2v) is 15.0. The van der Waals surface area contributed by atoms with Crippen LogP contribution in [-0.2, 0) is 47.0 Å². The molecule has 272 valence electrons. The summed E-state index contributed by atoms with van der Waals surface area (Å²) in [7, 11) is -2.18. The predicted molar refractivity (Wildman–Crippen MR) is 193 cm³/mol. The van der Waals surface area contributed by atoms with Crippen LogP contribution in [0.4, 0.5) is 5.69 Å².